The predicted octanol–water partition coefficient (Wildman–Crippen LogP) is 4.90. The van der Waals surface area contributed by atoms with Gasteiger partial charge in [0.1, 0.15) is 5.75 Å². The van der Waals surface area contributed by atoms with Crippen LogP contribution in [0.2, 0.25) is 0 Å². The van der Waals surface area contributed by atoms with Crippen LogP contribution >= 0.6 is 11.8 Å². The molecule has 1 aromatic heterocycles. The zero-order valence-corrected chi connectivity index (χ0v) is 16.0. The van der Waals surface area contributed by atoms with Gasteiger partial charge in [-0.3, -0.25) is 14.7 Å². The van der Waals surface area contributed by atoms with Gasteiger partial charge in [-0.15, -0.1) is 0 Å². The van der Waals surface area contributed by atoms with E-state index in [1.165, 1.54) is 11.8 Å². The number of hydrogen-bond acceptors (Lipinski definition) is 5. The maximum absolute atomic E-state index is 13.2. The lowest BCUT2D eigenvalue weighted by molar-refractivity contribution is -0.113. The minimum Gasteiger partial charge on any atom is -0.497 e. The van der Waals surface area contributed by atoms with Crippen LogP contribution in [0.1, 0.15) is 5.69 Å². The van der Waals surface area contributed by atoms with Gasteiger partial charge in [0.15, 0.2) is 5.17 Å². The maximum Gasteiger partial charge on any atom is 0.271 e. The summed E-state index contributed by atoms with van der Waals surface area (Å²) in [7, 11) is 1.60. The zero-order chi connectivity index (χ0) is 19.3. The largest absolute Gasteiger partial charge is 0.497 e. The Kier molecular flexibility index (Phi) is 5.21. The number of methoxy groups -OCH3 is 1. The number of anilines is 1. The van der Waals surface area contributed by atoms with Crippen molar-refractivity contribution in [3.63, 3.8) is 0 Å². The second-order valence-electron chi connectivity index (χ2n) is 5.94. The highest BCUT2D eigenvalue weighted by Crippen LogP contribution is 2.37. The van der Waals surface area contributed by atoms with E-state index in [-0.39, 0.29) is 5.91 Å². The number of pyridine rings is 1. The zero-order valence-electron chi connectivity index (χ0n) is 15.1. The van der Waals surface area contributed by atoms with E-state index in [1.807, 2.05) is 60.7 Å². The molecule has 5 nitrogen and oxygen atoms in total. The standard InChI is InChI=1S/C22H17N3O2S/c1-27-19-12-13-23-17(14-19)15-20-21(26)25(18-10-6-3-7-11-18)22(28-20)24-16-8-4-2-5-9-16/h2-15H,1H3/b20-15-,24-22-. The fraction of sp³-hybridized carbons (Fsp3) is 0.0455. The smallest absolute Gasteiger partial charge is 0.271 e. The fourth-order valence-corrected chi connectivity index (χ4v) is 3.72. The van der Waals surface area contributed by atoms with Crippen molar-refractivity contribution in [3.8, 4) is 5.75 Å². The third-order valence-electron chi connectivity index (χ3n) is 4.07. The van der Waals surface area contributed by atoms with Crippen molar-refractivity contribution in [2.75, 3.05) is 12.0 Å². The lowest BCUT2D eigenvalue weighted by Gasteiger charge is -2.15. The number of hydrogen-bond donors (Lipinski definition) is 0. The summed E-state index contributed by atoms with van der Waals surface area (Å²) < 4.78 is 5.24. The lowest BCUT2D eigenvalue weighted by atomic mass is 10.2. The summed E-state index contributed by atoms with van der Waals surface area (Å²) in [5.41, 5.74) is 2.22. The molecule has 0 aliphatic carbocycles. The molecule has 1 saturated heterocycles. The first-order valence-electron chi connectivity index (χ1n) is 8.67. The quantitative estimate of drug-likeness (QED) is 0.598. The first-order chi connectivity index (χ1) is 13.7. The monoisotopic (exact) mass is 387 g/mol. The number of ether oxygens (including phenoxy) is 1. The first kappa shape index (κ1) is 18.0. The van der Waals surface area contributed by atoms with Crippen LogP contribution in [0.5, 0.6) is 5.75 Å². The van der Waals surface area contributed by atoms with Gasteiger partial charge in [0, 0.05) is 12.3 Å². The molecule has 1 fully saturated rings. The van der Waals surface area contributed by atoms with E-state index in [2.05, 4.69) is 4.98 Å². The highest BCUT2D eigenvalue weighted by molar-refractivity contribution is 8.19. The van der Waals surface area contributed by atoms with Gasteiger partial charge in [0.2, 0.25) is 0 Å². The molecule has 0 radical (unpaired) electrons. The molecule has 0 saturated carbocycles. The van der Waals surface area contributed by atoms with E-state index in [0.29, 0.717) is 21.5 Å². The predicted molar refractivity (Wildman–Crippen MR) is 114 cm³/mol. The summed E-state index contributed by atoms with van der Waals surface area (Å²) in [4.78, 5) is 24.3. The van der Waals surface area contributed by atoms with Crippen LogP contribution in [0.3, 0.4) is 0 Å². The highest BCUT2D eigenvalue weighted by Gasteiger charge is 2.34. The minimum atomic E-state index is -0.129. The molecule has 2 heterocycles. The van der Waals surface area contributed by atoms with E-state index in [9.17, 15) is 4.79 Å². The molecule has 138 valence electrons. The van der Waals surface area contributed by atoms with Crippen LogP contribution in [0, 0.1) is 0 Å². The van der Waals surface area contributed by atoms with Crippen molar-refractivity contribution in [2.24, 2.45) is 4.99 Å². The Morgan fingerprint density at radius 3 is 2.46 bits per heavy atom. The molecule has 6 heteroatoms. The fourth-order valence-electron chi connectivity index (χ4n) is 2.73. The van der Waals surface area contributed by atoms with Crippen molar-refractivity contribution in [1.82, 2.24) is 4.98 Å². The number of carbonyl (C=O) groups excluding carboxylic acids is 1. The van der Waals surface area contributed by atoms with Crippen LogP contribution in [0.4, 0.5) is 11.4 Å². The summed E-state index contributed by atoms with van der Waals surface area (Å²) in [5, 5.41) is 0.608. The number of amides is 1. The van der Waals surface area contributed by atoms with Gasteiger partial charge in [-0.25, -0.2) is 4.99 Å². The number of rotatable bonds is 4. The number of aromatic nitrogens is 1. The van der Waals surface area contributed by atoms with Crippen molar-refractivity contribution in [2.45, 2.75) is 0 Å². The van der Waals surface area contributed by atoms with Gasteiger partial charge in [-0.2, -0.15) is 0 Å². The first-order valence-corrected chi connectivity index (χ1v) is 9.49. The van der Waals surface area contributed by atoms with Crippen LogP contribution in [0.25, 0.3) is 6.08 Å². The van der Waals surface area contributed by atoms with Crippen molar-refractivity contribution >= 4 is 40.3 Å². The molecule has 28 heavy (non-hydrogen) atoms. The van der Waals surface area contributed by atoms with E-state index in [1.54, 1.807) is 36.4 Å². The van der Waals surface area contributed by atoms with Gasteiger partial charge in [-0.05, 0) is 48.2 Å². The summed E-state index contributed by atoms with van der Waals surface area (Å²) in [6.45, 7) is 0. The number of carbonyl (C=O) groups is 1. The number of benzene rings is 2. The van der Waals surface area contributed by atoms with E-state index < -0.39 is 0 Å². The average molecular weight is 387 g/mol. The maximum atomic E-state index is 13.2. The molecule has 2 aromatic carbocycles. The molecule has 0 unspecified atom stereocenters. The molecule has 0 N–H and O–H groups in total. The minimum absolute atomic E-state index is 0.129. The van der Waals surface area contributed by atoms with Crippen LogP contribution in [-0.4, -0.2) is 23.2 Å². The van der Waals surface area contributed by atoms with Crippen LogP contribution in [-0.2, 0) is 4.79 Å². The molecule has 0 atom stereocenters. The molecule has 0 spiro atoms. The molecule has 0 bridgehead atoms. The summed E-state index contributed by atoms with van der Waals surface area (Å²) >= 11 is 1.33. The van der Waals surface area contributed by atoms with Crippen LogP contribution < -0.4 is 9.64 Å². The average Bonchev–Trinajstić information content (AvgIpc) is 3.04. The summed E-state index contributed by atoms with van der Waals surface area (Å²) in [6.07, 6.45) is 3.42. The van der Waals surface area contributed by atoms with Gasteiger partial charge in [0.25, 0.3) is 5.91 Å². The third kappa shape index (κ3) is 3.82. The Morgan fingerprint density at radius 2 is 1.75 bits per heavy atom. The number of nitrogens with zero attached hydrogens (tertiary/aromatic N) is 3. The Labute approximate surface area is 167 Å². The number of thioether (sulfide) groups is 1. The topological polar surface area (TPSA) is 54.8 Å². The van der Waals surface area contributed by atoms with E-state index in [4.69, 9.17) is 9.73 Å². The molecular formula is C22H17N3O2S. The number of aliphatic imine (C=N–C) groups is 1. The third-order valence-corrected chi connectivity index (χ3v) is 5.04. The number of amidine groups is 1. The van der Waals surface area contributed by atoms with Gasteiger partial charge in [0.05, 0.1) is 29.1 Å². The van der Waals surface area contributed by atoms with E-state index in [0.717, 1.165) is 11.4 Å². The molecule has 1 amide bonds. The summed E-state index contributed by atoms with van der Waals surface area (Å²) in [5.74, 6) is 0.561. The molecule has 3 aromatic rings. The van der Waals surface area contributed by atoms with Gasteiger partial charge in [-0.1, -0.05) is 36.4 Å². The van der Waals surface area contributed by atoms with Crippen molar-refractivity contribution in [1.29, 1.82) is 0 Å². The second kappa shape index (κ2) is 8.10. The SMILES string of the molecule is COc1ccnc(/C=C2\S/C(=N\c3ccccc3)N(c3ccccc3)C2=O)c1. The Morgan fingerprint density at radius 1 is 1.04 bits per heavy atom. The molecule has 1 aliphatic heterocycles. The van der Waals surface area contributed by atoms with Gasteiger partial charge >= 0.3 is 0 Å². The van der Waals surface area contributed by atoms with Crippen LogP contribution in [0.15, 0.2) is 88.9 Å². The highest BCUT2D eigenvalue weighted by atomic mass is 32.2. The Hall–Kier alpha value is -3.38. The normalized spacial score (nSPS) is 16.8. The second-order valence-corrected chi connectivity index (χ2v) is 6.95. The molecular weight excluding hydrogens is 370 g/mol. The Balaban J connectivity index is 1.76. The summed E-state index contributed by atoms with van der Waals surface area (Å²) in [6, 6.07) is 22.7. The number of para-hydroxylation sites is 2. The molecule has 4 rings (SSSR count). The van der Waals surface area contributed by atoms with Crippen molar-refractivity contribution in [3.05, 3.63) is 89.6 Å². The lowest BCUT2D eigenvalue weighted by Crippen LogP contribution is -2.28. The van der Waals surface area contributed by atoms with E-state index >= 15 is 0 Å². The van der Waals surface area contributed by atoms with Crippen molar-refractivity contribution < 1.29 is 9.53 Å². The Bertz CT molecular complexity index is 1050. The molecule has 1 aliphatic rings. The van der Waals surface area contributed by atoms with Gasteiger partial charge < -0.3 is 4.74 Å².